The van der Waals surface area contributed by atoms with Crippen LogP contribution in [0.25, 0.3) is 10.2 Å². The van der Waals surface area contributed by atoms with Crippen LogP contribution in [-0.4, -0.2) is 18.1 Å². The molecule has 0 radical (unpaired) electrons. The number of nitrogens with two attached hydrogens (primary N) is 1. The number of rotatable bonds is 4. The van der Waals surface area contributed by atoms with E-state index in [9.17, 15) is 0 Å². The second kappa shape index (κ2) is 4.92. The minimum Gasteiger partial charge on any atom is -0.395 e. The van der Waals surface area contributed by atoms with E-state index in [0.29, 0.717) is 6.04 Å². The second-order valence-electron chi connectivity index (χ2n) is 4.28. The fourth-order valence-corrected chi connectivity index (χ4v) is 2.97. The van der Waals surface area contributed by atoms with Gasteiger partial charge >= 0.3 is 0 Å². The Bertz CT molecular complexity index is 502. The quantitative estimate of drug-likeness (QED) is 0.843. The summed E-state index contributed by atoms with van der Waals surface area (Å²) in [5.74, 6) is 0. The van der Waals surface area contributed by atoms with Gasteiger partial charge < -0.3 is 10.6 Å². The Balaban J connectivity index is 2.44. The van der Waals surface area contributed by atoms with Gasteiger partial charge in [-0.25, -0.2) is 4.98 Å². The predicted molar refractivity (Wildman–Crippen MR) is 76.8 cm³/mol. The Morgan fingerprint density at radius 1 is 1.35 bits per heavy atom. The topological polar surface area (TPSA) is 42.2 Å². The van der Waals surface area contributed by atoms with E-state index < -0.39 is 0 Å². The Hall–Kier alpha value is -1.29. The van der Waals surface area contributed by atoms with Crippen molar-refractivity contribution in [1.29, 1.82) is 0 Å². The molecule has 1 aromatic heterocycles. The van der Waals surface area contributed by atoms with Gasteiger partial charge in [0, 0.05) is 13.1 Å². The number of nitrogen functional groups attached to an aromatic ring is 1. The van der Waals surface area contributed by atoms with Gasteiger partial charge in [0.2, 0.25) is 0 Å². The number of aromatic nitrogens is 1. The first kappa shape index (κ1) is 12.2. The number of anilines is 2. The Morgan fingerprint density at radius 3 is 2.71 bits per heavy atom. The number of benzene rings is 1. The van der Waals surface area contributed by atoms with Crippen molar-refractivity contribution in [3.63, 3.8) is 0 Å². The number of hydrogen-bond acceptors (Lipinski definition) is 4. The van der Waals surface area contributed by atoms with Crippen LogP contribution in [0.4, 0.5) is 11.4 Å². The predicted octanol–water partition coefficient (Wildman–Crippen LogP) is 3.50. The van der Waals surface area contributed by atoms with Crippen molar-refractivity contribution in [2.75, 3.05) is 17.7 Å². The Labute approximate surface area is 106 Å². The third-order valence-corrected chi connectivity index (χ3v) is 4.18. The minimum absolute atomic E-state index is 0.536. The zero-order chi connectivity index (χ0) is 12.4. The van der Waals surface area contributed by atoms with Gasteiger partial charge in [-0.1, -0.05) is 13.8 Å². The van der Waals surface area contributed by atoms with Gasteiger partial charge in [0.15, 0.2) is 0 Å². The van der Waals surface area contributed by atoms with Crippen molar-refractivity contribution in [1.82, 2.24) is 4.98 Å². The third kappa shape index (κ3) is 2.09. The molecule has 0 bridgehead atoms. The fourth-order valence-electron chi connectivity index (χ4n) is 2.28. The number of fused-ring (bicyclic) bond motifs is 1. The highest BCUT2D eigenvalue weighted by Crippen LogP contribution is 2.33. The summed E-state index contributed by atoms with van der Waals surface area (Å²) in [6.45, 7) is 4.42. The van der Waals surface area contributed by atoms with Crippen LogP contribution >= 0.6 is 11.3 Å². The highest BCUT2D eigenvalue weighted by Gasteiger charge is 2.15. The lowest BCUT2D eigenvalue weighted by molar-refractivity contribution is 0.592. The van der Waals surface area contributed by atoms with Gasteiger partial charge in [-0.15, -0.1) is 11.3 Å². The Kier molecular flexibility index (Phi) is 3.52. The zero-order valence-corrected chi connectivity index (χ0v) is 11.4. The maximum atomic E-state index is 6.21. The van der Waals surface area contributed by atoms with E-state index in [1.807, 2.05) is 5.51 Å². The summed E-state index contributed by atoms with van der Waals surface area (Å²) in [5.41, 5.74) is 10.9. The minimum atomic E-state index is 0.536. The van der Waals surface area contributed by atoms with E-state index in [1.165, 1.54) is 0 Å². The van der Waals surface area contributed by atoms with Crippen molar-refractivity contribution in [2.24, 2.45) is 0 Å². The largest absolute Gasteiger partial charge is 0.395 e. The van der Waals surface area contributed by atoms with Gasteiger partial charge in [-0.2, -0.15) is 0 Å². The molecule has 3 nitrogen and oxygen atoms in total. The highest BCUT2D eigenvalue weighted by molar-refractivity contribution is 7.16. The van der Waals surface area contributed by atoms with Crippen molar-refractivity contribution in [3.05, 3.63) is 17.6 Å². The van der Waals surface area contributed by atoms with Crippen LogP contribution < -0.4 is 10.6 Å². The van der Waals surface area contributed by atoms with E-state index in [-0.39, 0.29) is 0 Å². The van der Waals surface area contributed by atoms with E-state index in [0.717, 1.165) is 34.4 Å². The summed E-state index contributed by atoms with van der Waals surface area (Å²) in [4.78, 5) is 6.61. The van der Waals surface area contributed by atoms with Crippen molar-refractivity contribution >= 4 is 32.9 Å². The molecule has 92 valence electrons. The average molecular weight is 249 g/mol. The summed E-state index contributed by atoms with van der Waals surface area (Å²) in [7, 11) is 2.11. The molecule has 0 fully saturated rings. The molecule has 0 atom stereocenters. The molecule has 2 aromatic rings. The van der Waals surface area contributed by atoms with Crippen LogP contribution in [0.5, 0.6) is 0 Å². The molecule has 0 saturated heterocycles. The molecule has 0 aliphatic heterocycles. The lowest BCUT2D eigenvalue weighted by atomic mass is 10.1. The van der Waals surface area contributed by atoms with Gasteiger partial charge in [0.25, 0.3) is 0 Å². The normalized spacial score (nSPS) is 11.3. The molecule has 0 aliphatic carbocycles. The first-order valence-electron chi connectivity index (χ1n) is 6.03. The number of thiazole rings is 1. The smallest absolute Gasteiger partial charge is 0.106 e. The summed E-state index contributed by atoms with van der Waals surface area (Å²) < 4.78 is 1.16. The monoisotopic (exact) mass is 249 g/mol. The van der Waals surface area contributed by atoms with Crippen LogP contribution in [0.15, 0.2) is 17.6 Å². The van der Waals surface area contributed by atoms with Gasteiger partial charge in [0.05, 0.1) is 21.6 Å². The maximum absolute atomic E-state index is 6.21. The third-order valence-electron chi connectivity index (χ3n) is 3.39. The van der Waals surface area contributed by atoms with Gasteiger partial charge in [-0.05, 0) is 25.0 Å². The summed E-state index contributed by atoms with van der Waals surface area (Å²) in [6, 6.07) is 4.75. The summed E-state index contributed by atoms with van der Waals surface area (Å²) in [5, 5.41) is 0. The molecule has 0 unspecified atom stereocenters. The average Bonchev–Trinajstić information content (AvgIpc) is 2.80. The molecule has 0 saturated carbocycles. The fraction of sp³-hybridized carbons (Fsp3) is 0.462. The maximum Gasteiger partial charge on any atom is 0.106 e. The molecule has 2 rings (SSSR count). The van der Waals surface area contributed by atoms with E-state index in [1.54, 1.807) is 11.3 Å². The molecule has 0 spiro atoms. The molecule has 4 heteroatoms. The van der Waals surface area contributed by atoms with Crippen LogP contribution in [0.2, 0.25) is 0 Å². The van der Waals surface area contributed by atoms with Crippen LogP contribution in [0, 0.1) is 0 Å². The first-order valence-corrected chi connectivity index (χ1v) is 6.91. The molecular formula is C13H19N3S. The first-order chi connectivity index (χ1) is 8.19. The lowest BCUT2D eigenvalue weighted by Crippen LogP contribution is -2.30. The number of hydrogen-bond donors (Lipinski definition) is 1. The zero-order valence-electron chi connectivity index (χ0n) is 10.6. The van der Waals surface area contributed by atoms with Crippen molar-refractivity contribution in [3.8, 4) is 0 Å². The highest BCUT2D eigenvalue weighted by atomic mass is 32.1. The summed E-state index contributed by atoms with van der Waals surface area (Å²) in [6.07, 6.45) is 2.25. The van der Waals surface area contributed by atoms with Crippen LogP contribution in [0.3, 0.4) is 0 Å². The van der Waals surface area contributed by atoms with E-state index >= 15 is 0 Å². The van der Waals surface area contributed by atoms with Gasteiger partial charge in [0.1, 0.15) is 5.52 Å². The molecule has 1 heterocycles. The molecule has 17 heavy (non-hydrogen) atoms. The lowest BCUT2D eigenvalue weighted by Gasteiger charge is -2.29. The second-order valence-corrected chi connectivity index (χ2v) is 5.17. The van der Waals surface area contributed by atoms with E-state index in [4.69, 9.17) is 5.73 Å². The molecule has 2 N–H and O–H groups in total. The molecule has 1 aromatic carbocycles. The van der Waals surface area contributed by atoms with Crippen molar-refractivity contribution in [2.45, 2.75) is 32.7 Å². The molecule has 0 aliphatic rings. The van der Waals surface area contributed by atoms with Gasteiger partial charge in [-0.3, -0.25) is 0 Å². The SMILES string of the molecule is CCC(CC)N(C)c1ccc2scnc2c1N. The van der Waals surface area contributed by atoms with Crippen molar-refractivity contribution < 1.29 is 0 Å². The van der Waals surface area contributed by atoms with Crippen LogP contribution in [-0.2, 0) is 0 Å². The standard InChI is InChI=1S/C13H19N3S/c1-4-9(5-2)16(3)10-6-7-11-13(12(10)14)15-8-17-11/h6-9H,4-5,14H2,1-3H3. The Morgan fingerprint density at radius 2 is 2.06 bits per heavy atom. The molecular weight excluding hydrogens is 230 g/mol. The number of nitrogens with zero attached hydrogens (tertiary/aromatic N) is 2. The van der Waals surface area contributed by atoms with E-state index in [2.05, 4.69) is 42.9 Å². The molecule has 0 amide bonds. The summed E-state index contributed by atoms with van der Waals surface area (Å²) >= 11 is 1.63. The van der Waals surface area contributed by atoms with Crippen LogP contribution in [0.1, 0.15) is 26.7 Å².